The molecule has 1 aromatic rings. The lowest BCUT2D eigenvalue weighted by atomic mass is 10.1. The summed E-state index contributed by atoms with van der Waals surface area (Å²) in [7, 11) is 1.81. The van der Waals surface area contributed by atoms with Gasteiger partial charge in [0.25, 0.3) is 5.91 Å². The third-order valence-corrected chi connectivity index (χ3v) is 3.02. The Bertz CT molecular complexity index is 418. The molecule has 0 spiro atoms. The van der Waals surface area contributed by atoms with Crippen LogP contribution >= 0.6 is 11.6 Å². The van der Waals surface area contributed by atoms with Crippen molar-refractivity contribution in [3.63, 3.8) is 0 Å². The molecule has 1 saturated carbocycles. The van der Waals surface area contributed by atoms with E-state index in [1.807, 2.05) is 0 Å². The van der Waals surface area contributed by atoms with Crippen LogP contribution in [0.15, 0.2) is 18.2 Å². The van der Waals surface area contributed by atoms with E-state index >= 15 is 0 Å². The Hall–Kier alpha value is -1.26. The predicted octanol–water partition coefficient (Wildman–Crippen LogP) is 1.86. The van der Waals surface area contributed by atoms with Gasteiger partial charge in [-0.2, -0.15) is 0 Å². The van der Waals surface area contributed by atoms with Gasteiger partial charge in [0.05, 0.1) is 11.3 Å². The summed E-state index contributed by atoms with van der Waals surface area (Å²) >= 11 is 5.88. The molecule has 0 unspecified atom stereocenters. The zero-order chi connectivity index (χ0) is 11.7. The maximum absolute atomic E-state index is 12.1. The number of nitrogens with two attached hydrogens (primary N) is 1. The summed E-state index contributed by atoms with van der Waals surface area (Å²) in [5.74, 6) is 5.32. The molecule has 0 bridgehead atoms. The molecule has 0 aliphatic heterocycles. The third-order valence-electron chi connectivity index (χ3n) is 2.78. The molecular formula is C11H14ClN3O. The van der Waals surface area contributed by atoms with Gasteiger partial charge in [0.2, 0.25) is 0 Å². The lowest BCUT2D eigenvalue weighted by molar-refractivity contribution is 0.0786. The van der Waals surface area contributed by atoms with Gasteiger partial charge in [0.15, 0.2) is 0 Å². The van der Waals surface area contributed by atoms with Crippen LogP contribution in [0.3, 0.4) is 0 Å². The fraction of sp³-hybridized carbons (Fsp3) is 0.364. The fourth-order valence-electron chi connectivity index (χ4n) is 1.64. The molecule has 0 saturated heterocycles. The lowest BCUT2D eigenvalue weighted by Gasteiger charge is -2.18. The van der Waals surface area contributed by atoms with Gasteiger partial charge in [-0.05, 0) is 31.0 Å². The van der Waals surface area contributed by atoms with Gasteiger partial charge in [-0.3, -0.25) is 10.6 Å². The minimum atomic E-state index is -0.0436. The van der Waals surface area contributed by atoms with E-state index in [-0.39, 0.29) is 5.91 Å². The zero-order valence-corrected chi connectivity index (χ0v) is 9.79. The molecule has 86 valence electrons. The van der Waals surface area contributed by atoms with E-state index in [9.17, 15) is 4.79 Å². The van der Waals surface area contributed by atoms with Gasteiger partial charge in [-0.1, -0.05) is 11.6 Å². The van der Waals surface area contributed by atoms with Crippen LogP contribution in [0, 0.1) is 0 Å². The molecular weight excluding hydrogens is 226 g/mol. The van der Waals surface area contributed by atoms with Crippen molar-refractivity contribution in [2.45, 2.75) is 18.9 Å². The fourth-order valence-corrected chi connectivity index (χ4v) is 1.81. The molecule has 1 aliphatic rings. The van der Waals surface area contributed by atoms with E-state index in [0.717, 1.165) is 12.8 Å². The van der Waals surface area contributed by atoms with Gasteiger partial charge in [-0.25, -0.2) is 0 Å². The number of hydrogen-bond donors (Lipinski definition) is 2. The van der Waals surface area contributed by atoms with Gasteiger partial charge >= 0.3 is 0 Å². The highest BCUT2D eigenvalue weighted by Crippen LogP contribution is 2.29. The molecule has 1 aromatic carbocycles. The average Bonchev–Trinajstić information content (AvgIpc) is 3.11. The highest BCUT2D eigenvalue weighted by Gasteiger charge is 2.30. The normalized spacial score (nSPS) is 14.7. The molecule has 16 heavy (non-hydrogen) atoms. The van der Waals surface area contributed by atoms with Crippen molar-refractivity contribution in [1.29, 1.82) is 0 Å². The Balaban J connectivity index is 2.30. The number of halogens is 1. The monoisotopic (exact) mass is 239 g/mol. The van der Waals surface area contributed by atoms with Crippen LogP contribution in [0.2, 0.25) is 5.02 Å². The number of anilines is 1. The lowest BCUT2D eigenvalue weighted by Crippen LogP contribution is -2.29. The standard InChI is InChI=1S/C11H14ClN3O/c1-15(8-3-4-8)11(16)9-6-7(12)2-5-10(9)14-13/h2,5-6,8,14H,3-4,13H2,1H3. The second-order valence-corrected chi connectivity index (χ2v) is 4.42. The largest absolute Gasteiger partial charge is 0.339 e. The summed E-state index contributed by atoms with van der Waals surface area (Å²) in [5, 5.41) is 0.534. The number of carbonyl (C=O) groups is 1. The molecule has 0 aromatic heterocycles. The Morgan fingerprint density at radius 2 is 2.25 bits per heavy atom. The second-order valence-electron chi connectivity index (χ2n) is 3.98. The number of hydrazine groups is 1. The first-order valence-corrected chi connectivity index (χ1v) is 5.54. The number of nitrogens with one attached hydrogen (secondary N) is 1. The Morgan fingerprint density at radius 3 is 2.81 bits per heavy atom. The van der Waals surface area contributed by atoms with Crippen LogP contribution < -0.4 is 11.3 Å². The van der Waals surface area contributed by atoms with E-state index in [1.54, 1.807) is 30.1 Å². The summed E-state index contributed by atoms with van der Waals surface area (Å²) in [6, 6.07) is 5.41. The molecule has 1 amide bonds. The first-order valence-electron chi connectivity index (χ1n) is 5.17. The van der Waals surface area contributed by atoms with Crippen LogP contribution in [-0.4, -0.2) is 23.9 Å². The van der Waals surface area contributed by atoms with Crippen LogP contribution in [0.1, 0.15) is 23.2 Å². The van der Waals surface area contributed by atoms with Crippen molar-refractivity contribution in [3.8, 4) is 0 Å². The van der Waals surface area contributed by atoms with E-state index in [1.165, 1.54) is 0 Å². The van der Waals surface area contributed by atoms with Crippen LogP contribution in [-0.2, 0) is 0 Å². The average molecular weight is 240 g/mol. The summed E-state index contributed by atoms with van der Waals surface area (Å²) in [6.07, 6.45) is 2.16. The highest BCUT2D eigenvalue weighted by atomic mass is 35.5. The Kier molecular flexibility index (Phi) is 3.03. The van der Waals surface area contributed by atoms with Gasteiger partial charge in [0.1, 0.15) is 0 Å². The minimum absolute atomic E-state index is 0.0436. The van der Waals surface area contributed by atoms with Crippen molar-refractivity contribution in [2.75, 3.05) is 12.5 Å². The molecule has 4 nitrogen and oxygen atoms in total. The zero-order valence-electron chi connectivity index (χ0n) is 9.03. The molecule has 0 radical (unpaired) electrons. The summed E-state index contributed by atoms with van der Waals surface area (Å²) in [6.45, 7) is 0. The first kappa shape index (κ1) is 11.2. The van der Waals surface area contributed by atoms with Crippen molar-refractivity contribution < 1.29 is 4.79 Å². The summed E-state index contributed by atoms with van der Waals surface area (Å²) < 4.78 is 0. The number of nitrogen functional groups attached to an aromatic ring is 1. The maximum atomic E-state index is 12.1. The van der Waals surface area contributed by atoms with Crippen LogP contribution in [0.4, 0.5) is 5.69 Å². The highest BCUT2D eigenvalue weighted by molar-refractivity contribution is 6.31. The SMILES string of the molecule is CN(C(=O)c1cc(Cl)ccc1NN)C1CC1. The maximum Gasteiger partial charge on any atom is 0.256 e. The smallest absolute Gasteiger partial charge is 0.256 e. The quantitative estimate of drug-likeness (QED) is 0.625. The second kappa shape index (κ2) is 4.31. The summed E-state index contributed by atoms with van der Waals surface area (Å²) in [4.78, 5) is 13.9. The van der Waals surface area contributed by atoms with Crippen molar-refractivity contribution in [2.24, 2.45) is 5.84 Å². The first-order chi connectivity index (χ1) is 7.63. The van der Waals surface area contributed by atoms with Crippen LogP contribution in [0.25, 0.3) is 0 Å². The number of carbonyl (C=O) groups excluding carboxylic acids is 1. The molecule has 2 rings (SSSR count). The molecule has 0 atom stereocenters. The van der Waals surface area contributed by atoms with E-state index < -0.39 is 0 Å². The van der Waals surface area contributed by atoms with E-state index in [2.05, 4.69) is 5.43 Å². The number of hydrogen-bond acceptors (Lipinski definition) is 3. The van der Waals surface area contributed by atoms with Gasteiger partial charge in [-0.15, -0.1) is 0 Å². The Labute approximate surface area is 99.3 Å². The number of benzene rings is 1. The molecule has 3 N–H and O–H groups in total. The van der Waals surface area contributed by atoms with Crippen LogP contribution in [0.5, 0.6) is 0 Å². The van der Waals surface area contributed by atoms with Crippen molar-refractivity contribution >= 4 is 23.2 Å². The van der Waals surface area contributed by atoms with Gasteiger partial charge < -0.3 is 10.3 Å². The van der Waals surface area contributed by atoms with E-state index in [0.29, 0.717) is 22.3 Å². The number of amides is 1. The van der Waals surface area contributed by atoms with Crippen molar-refractivity contribution in [3.05, 3.63) is 28.8 Å². The summed E-state index contributed by atoms with van der Waals surface area (Å²) in [5.41, 5.74) is 3.63. The van der Waals surface area contributed by atoms with Gasteiger partial charge in [0, 0.05) is 18.1 Å². The molecule has 5 heteroatoms. The third kappa shape index (κ3) is 2.13. The predicted molar refractivity (Wildman–Crippen MR) is 64.4 cm³/mol. The van der Waals surface area contributed by atoms with E-state index in [4.69, 9.17) is 17.4 Å². The molecule has 1 fully saturated rings. The number of nitrogens with zero attached hydrogens (tertiary/aromatic N) is 1. The minimum Gasteiger partial charge on any atom is -0.339 e. The Morgan fingerprint density at radius 1 is 1.56 bits per heavy atom. The molecule has 0 heterocycles. The number of rotatable bonds is 3. The topological polar surface area (TPSA) is 58.4 Å². The molecule has 1 aliphatic carbocycles. The van der Waals surface area contributed by atoms with Crippen molar-refractivity contribution in [1.82, 2.24) is 4.90 Å².